The van der Waals surface area contributed by atoms with Gasteiger partial charge in [0.25, 0.3) is 0 Å². The number of fused-ring (bicyclic) bond motifs is 1. The molecular formula is C10H12INO2S. The average molecular weight is 337 g/mol. The van der Waals surface area contributed by atoms with Crippen molar-refractivity contribution < 1.29 is 9.53 Å². The van der Waals surface area contributed by atoms with E-state index >= 15 is 0 Å². The van der Waals surface area contributed by atoms with Crippen LogP contribution in [0, 0.1) is 2.88 Å². The molecule has 1 unspecified atom stereocenters. The SMILES string of the molecule is CNC(=O)OC1CCc2c(csc2I)C1. The molecule has 0 bridgehead atoms. The van der Waals surface area contributed by atoms with E-state index in [9.17, 15) is 4.79 Å². The van der Waals surface area contributed by atoms with Gasteiger partial charge in [0.05, 0.1) is 2.88 Å². The molecule has 0 saturated heterocycles. The van der Waals surface area contributed by atoms with Gasteiger partial charge < -0.3 is 10.1 Å². The van der Waals surface area contributed by atoms with Crippen molar-refractivity contribution in [3.05, 3.63) is 19.4 Å². The average Bonchev–Trinajstić information content (AvgIpc) is 2.60. The van der Waals surface area contributed by atoms with E-state index in [1.807, 2.05) is 0 Å². The fraction of sp³-hybridized carbons (Fsp3) is 0.500. The number of ether oxygens (including phenoxy) is 1. The van der Waals surface area contributed by atoms with Gasteiger partial charge in [-0.25, -0.2) is 4.79 Å². The van der Waals surface area contributed by atoms with Gasteiger partial charge in [0.15, 0.2) is 0 Å². The topological polar surface area (TPSA) is 38.3 Å². The number of carbonyl (C=O) groups excluding carboxylic acids is 1. The Hall–Kier alpha value is -0.300. The zero-order valence-electron chi connectivity index (χ0n) is 8.38. The summed E-state index contributed by atoms with van der Waals surface area (Å²) in [6, 6.07) is 0. The predicted molar refractivity (Wildman–Crippen MR) is 68.4 cm³/mol. The van der Waals surface area contributed by atoms with Gasteiger partial charge in [-0.3, -0.25) is 0 Å². The van der Waals surface area contributed by atoms with E-state index in [4.69, 9.17) is 4.74 Å². The molecule has 0 fully saturated rings. The van der Waals surface area contributed by atoms with Gasteiger partial charge in [0.2, 0.25) is 0 Å². The summed E-state index contributed by atoms with van der Waals surface area (Å²) in [5.74, 6) is 0. The van der Waals surface area contributed by atoms with Crippen LogP contribution in [0.3, 0.4) is 0 Å². The molecule has 5 heteroatoms. The molecule has 15 heavy (non-hydrogen) atoms. The molecule has 0 radical (unpaired) electrons. The Bertz CT molecular complexity index is 377. The van der Waals surface area contributed by atoms with Gasteiger partial charge in [0, 0.05) is 13.5 Å². The lowest BCUT2D eigenvalue weighted by atomic mass is 9.93. The number of alkyl carbamates (subject to hydrolysis) is 1. The van der Waals surface area contributed by atoms with E-state index in [0.717, 1.165) is 19.3 Å². The van der Waals surface area contributed by atoms with Gasteiger partial charge >= 0.3 is 6.09 Å². The largest absolute Gasteiger partial charge is 0.446 e. The molecule has 1 atom stereocenters. The lowest BCUT2D eigenvalue weighted by Gasteiger charge is -2.22. The molecule has 2 rings (SSSR count). The smallest absolute Gasteiger partial charge is 0.407 e. The van der Waals surface area contributed by atoms with E-state index in [1.54, 1.807) is 18.4 Å². The van der Waals surface area contributed by atoms with Crippen molar-refractivity contribution in [1.82, 2.24) is 5.32 Å². The normalized spacial score (nSPS) is 19.5. The summed E-state index contributed by atoms with van der Waals surface area (Å²) in [6.45, 7) is 0. The van der Waals surface area contributed by atoms with E-state index in [2.05, 4.69) is 33.3 Å². The fourth-order valence-electron chi connectivity index (χ4n) is 1.79. The Morgan fingerprint density at radius 2 is 2.53 bits per heavy atom. The van der Waals surface area contributed by atoms with Crippen LogP contribution in [0.1, 0.15) is 17.5 Å². The molecule has 1 aliphatic rings. The number of rotatable bonds is 1. The number of halogens is 1. The molecule has 3 nitrogen and oxygen atoms in total. The molecule has 0 spiro atoms. The number of amides is 1. The van der Waals surface area contributed by atoms with Crippen molar-refractivity contribution in [2.75, 3.05) is 7.05 Å². The number of carbonyl (C=O) groups is 1. The Morgan fingerprint density at radius 3 is 3.27 bits per heavy atom. The van der Waals surface area contributed by atoms with Crippen LogP contribution in [0.25, 0.3) is 0 Å². The van der Waals surface area contributed by atoms with Crippen molar-refractivity contribution in [3.63, 3.8) is 0 Å². The Kier molecular flexibility index (Phi) is 3.50. The van der Waals surface area contributed by atoms with E-state index in [-0.39, 0.29) is 12.2 Å². The quantitative estimate of drug-likeness (QED) is 0.800. The molecule has 0 aliphatic heterocycles. The van der Waals surface area contributed by atoms with Gasteiger partial charge in [-0.2, -0.15) is 0 Å². The van der Waals surface area contributed by atoms with Crippen LogP contribution in [0.2, 0.25) is 0 Å². The second-order valence-corrected chi connectivity index (χ2v) is 6.22. The third kappa shape index (κ3) is 2.44. The standard InChI is InChI=1S/C10H12INO2S/c1-12-10(13)14-7-2-3-8-6(4-7)5-15-9(8)11/h5,7H,2-4H2,1H3,(H,12,13). The highest BCUT2D eigenvalue weighted by Gasteiger charge is 2.23. The first-order chi connectivity index (χ1) is 7.20. The highest BCUT2D eigenvalue weighted by Crippen LogP contribution is 2.31. The number of thiophene rings is 1. The van der Waals surface area contributed by atoms with E-state index in [1.165, 1.54) is 14.0 Å². The lowest BCUT2D eigenvalue weighted by Crippen LogP contribution is -2.29. The Morgan fingerprint density at radius 1 is 1.73 bits per heavy atom. The highest BCUT2D eigenvalue weighted by molar-refractivity contribution is 14.1. The van der Waals surface area contributed by atoms with Crippen LogP contribution >= 0.6 is 33.9 Å². The summed E-state index contributed by atoms with van der Waals surface area (Å²) >= 11 is 4.15. The third-order valence-electron chi connectivity index (χ3n) is 2.57. The highest BCUT2D eigenvalue weighted by atomic mass is 127. The molecule has 1 amide bonds. The minimum absolute atomic E-state index is 0.0443. The van der Waals surface area contributed by atoms with Gasteiger partial charge in [-0.15, -0.1) is 11.3 Å². The number of hydrogen-bond donors (Lipinski definition) is 1. The molecule has 1 N–H and O–H groups in total. The van der Waals surface area contributed by atoms with Crippen molar-refractivity contribution in [3.8, 4) is 0 Å². The monoisotopic (exact) mass is 337 g/mol. The number of nitrogens with one attached hydrogen (secondary N) is 1. The van der Waals surface area contributed by atoms with Crippen LogP contribution in [0.15, 0.2) is 5.38 Å². The summed E-state index contributed by atoms with van der Waals surface area (Å²) in [7, 11) is 1.59. The van der Waals surface area contributed by atoms with E-state index in [0.29, 0.717) is 0 Å². The molecule has 0 aromatic carbocycles. The van der Waals surface area contributed by atoms with Crippen molar-refractivity contribution in [2.24, 2.45) is 0 Å². The summed E-state index contributed by atoms with van der Waals surface area (Å²) < 4.78 is 6.63. The summed E-state index contributed by atoms with van der Waals surface area (Å²) in [5, 5.41) is 4.66. The first kappa shape index (κ1) is 11.2. The van der Waals surface area contributed by atoms with Crippen LogP contribution in [0.4, 0.5) is 4.79 Å². The van der Waals surface area contributed by atoms with Gasteiger partial charge in [-0.1, -0.05) is 0 Å². The van der Waals surface area contributed by atoms with Crippen molar-refractivity contribution in [2.45, 2.75) is 25.4 Å². The van der Waals surface area contributed by atoms with Crippen LogP contribution in [0.5, 0.6) is 0 Å². The molecule has 1 aromatic heterocycles. The van der Waals surface area contributed by atoms with Crippen LogP contribution in [-0.2, 0) is 17.6 Å². The maximum absolute atomic E-state index is 11.1. The second kappa shape index (κ2) is 4.69. The molecule has 1 aliphatic carbocycles. The maximum Gasteiger partial charge on any atom is 0.407 e. The molecule has 1 heterocycles. The van der Waals surface area contributed by atoms with Gasteiger partial charge in [-0.05, 0) is 51.9 Å². The van der Waals surface area contributed by atoms with Crippen LogP contribution < -0.4 is 5.32 Å². The lowest BCUT2D eigenvalue weighted by molar-refractivity contribution is 0.0914. The zero-order valence-corrected chi connectivity index (χ0v) is 11.4. The second-order valence-electron chi connectivity index (χ2n) is 3.53. The third-order valence-corrected chi connectivity index (χ3v) is 4.84. The molecule has 1 aromatic rings. The maximum atomic E-state index is 11.1. The van der Waals surface area contributed by atoms with Gasteiger partial charge in [0.1, 0.15) is 6.10 Å². The first-order valence-corrected chi connectivity index (χ1v) is 6.79. The predicted octanol–water partition coefficient (Wildman–Crippen LogP) is 2.57. The molecule has 82 valence electrons. The Labute approximate surface area is 106 Å². The summed E-state index contributed by atoms with van der Waals surface area (Å²) in [4.78, 5) is 11.1. The number of hydrogen-bond acceptors (Lipinski definition) is 3. The van der Waals surface area contributed by atoms with E-state index < -0.39 is 0 Å². The minimum atomic E-state index is -0.326. The fourth-order valence-corrected chi connectivity index (χ4v) is 3.64. The molecule has 0 saturated carbocycles. The molecular weight excluding hydrogens is 325 g/mol. The van der Waals surface area contributed by atoms with Crippen LogP contribution in [-0.4, -0.2) is 19.2 Å². The Balaban J connectivity index is 2.03. The first-order valence-electron chi connectivity index (χ1n) is 4.84. The summed E-state index contributed by atoms with van der Waals surface area (Å²) in [6.07, 6.45) is 2.55. The van der Waals surface area contributed by atoms with Crippen molar-refractivity contribution >= 4 is 40.0 Å². The minimum Gasteiger partial charge on any atom is -0.446 e. The summed E-state index contributed by atoms with van der Waals surface area (Å²) in [5.41, 5.74) is 2.81. The van der Waals surface area contributed by atoms with Crippen molar-refractivity contribution in [1.29, 1.82) is 0 Å². The zero-order chi connectivity index (χ0) is 10.8.